The van der Waals surface area contributed by atoms with Gasteiger partial charge in [0.05, 0.1) is 7.11 Å². The first-order chi connectivity index (χ1) is 13.2. The van der Waals surface area contributed by atoms with Gasteiger partial charge in [0.1, 0.15) is 12.4 Å². The Hall–Kier alpha value is -1.82. The molecule has 0 bridgehead atoms. The van der Waals surface area contributed by atoms with Crippen LogP contribution in [0.25, 0.3) is 0 Å². The average molecular weight is 393 g/mol. The van der Waals surface area contributed by atoms with Gasteiger partial charge in [0.15, 0.2) is 11.5 Å². The van der Waals surface area contributed by atoms with Gasteiger partial charge in [-0.15, -0.1) is 0 Å². The van der Waals surface area contributed by atoms with Crippen LogP contribution in [0.2, 0.25) is 5.02 Å². The van der Waals surface area contributed by atoms with Crippen LogP contribution in [0, 0.1) is 11.7 Å². The number of methoxy groups -OCH3 is 1. The van der Waals surface area contributed by atoms with E-state index < -0.39 is 0 Å². The Balaban J connectivity index is 1.59. The summed E-state index contributed by atoms with van der Waals surface area (Å²) in [5.74, 6) is 1.67. The van der Waals surface area contributed by atoms with Gasteiger partial charge in [-0.2, -0.15) is 0 Å². The van der Waals surface area contributed by atoms with Gasteiger partial charge in [0, 0.05) is 17.6 Å². The molecule has 6 heteroatoms. The maximum atomic E-state index is 13.0. The number of hydrogen-bond donors (Lipinski definition) is 2. The molecule has 3 rings (SSSR count). The van der Waals surface area contributed by atoms with Gasteiger partial charge in [0.2, 0.25) is 0 Å². The van der Waals surface area contributed by atoms with Crippen LogP contribution in [0.15, 0.2) is 36.4 Å². The molecule has 1 saturated heterocycles. The molecule has 0 aliphatic carbocycles. The van der Waals surface area contributed by atoms with Crippen molar-refractivity contribution in [2.24, 2.45) is 5.92 Å². The molecule has 2 aromatic carbocycles. The van der Waals surface area contributed by atoms with E-state index >= 15 is 0 Å². The van der Waals surface area contributed by atoms with E-state index in [1.165, 1.54) is 25.0 Å². The average Bonchev–Trinajstić information content (AvgIpc) is 2.69. The van der Waals surface area contributed by atoms with Gasteiger partial charge in [-0.3, -0.25) is 0 Å². The van der Waals surface area contributed by atoms with Crippen molar-refractivity contribution in [3.8, 4) is 11.5 Å². The highest BCUT2D eigenvalue weighted by molar-refractivity contribution is 6.31. The minimum absolute atomic E-state index is 0.263. The molecule has 1 aliphatic rings. The number of nitrogens with one attached hydrogen (secondary N) is 2. The molecule has 0 spiro atoms. The van der Waals surface area contributed by atoms with Crippen molar-refractivity contribution in [3.63, 3.8) is 0 Å². The molecule has 0 radical (unpaired) electrons. The van der Waals surface area contributed by atoms with Crippen molar-refractivity contribution < 1.29 is 13.9 Å². The summed E-state index contributed by atoms with van der Waals surface area (Å²) in [6, 6.07) is 9.92. The summed E-state index contributed by atoms with van der Waals surface area (Å²) in [6.45, 7) is 4.20. The molecule has 146 valence electrons. The lowest BCUT2D eigenvalue weighted by Gasteiger charge is -2.23. The first-order valence-electron chi connectivity index (χ1n) is 9.31. The van der Waals surface area contributed by atoms with Gasteiger partial charge < -0.3 is 20.1 Å². The zero-order chi connectivity index (χ0) is 19.1. The van der Waals surface area contributed by atoms with E-state index in [2.05, 4.69) is 10.6 Å². The predicted octanol–water partition coefficient (Wildman–Crippen LogP) is 4.16. The Morgan fingerprint density at radius 1 is 1.15 bits per heavy atom. The van der Waals surface area contributed by atoms with Crippen LogP contribution in [-0.4, -0.2) is 26.7 Å². The molecule has 0 aromatic heterocycles. The molecule has 2 N–H and O–H groups in total. The van der Waals surface area contributed by atoms with E-state index in [9.17, 15) is 4.39 Å². The Morgan fingerprint density at radius 3 is 2.59 bits per heavy atom. The Labute approximate surface area is 165 Å². The van der Waals surface area contributed by atoms with Gasteiger partial charge in [-0.05, 0) is 67.7 Å². The van der Waals surface area contributed by atoms with Crippen molar-refractivity contribution in [1.29, 1.82) is 0 Å². The molecule has 1 fully saturated rings. The summed E-state index contributed by atoms with van der Waals surface area (Å²) in [6.07, 6.45) is 2.42. The molecule has 2 aromatic rings. The maximum Gasteiger partial charge on any atom is 0.163 e. The number of benzene rings is 2. The van der Waals surface area contributed by atoms with E-state index in [0.717, 1.165) is 30.8 Å². The molecule has 27 heavy (non-hydrogen) atoms. The highest BCUT2D eigenvalue weighted by Gasteiger charge is 2.14. The van der Waals surface area contributed by atoms with E-state index in [4.69, 9.17) is 21.1 Å². The van der Waals surface area contributed by atoms with Crippen molar-refractivity contribution in [1.82, 2.24) is 10.6 Å². The predicted molar refractivity (Wildman–Crippen MR) is 106 cm³/mol. The molecule has 0 atom stereocenters. The summed E-state index contributed by atoms with van der Waals surface area (Å²) in [4.78, 5) is 0. The fraction of sp³-hybridized carbons (Fsp3) is 0.429. The maximum absolute atomic E-state index is 13.0. The topological polar surface area (TPSA) is 42.5 Å². The Bertz CT molecular complexity index is 734. The van der Waals surface area contributed by atoms with Crippen LogP contribution in [0.1, 0.15) is 24.0 Å². The first-order valence-corrected chi connectivity index (χ1v) is 9.68. The third-order valence-corrected chi connectivity index (χ3v) is 5.20. The van der Waals surface area contributed by atoms with E-state index in [1.54, 1.807) is 25.3 Å². The zero-order valence-electron chi connectivity index (χ0n) is 15.6. The number of hydrogen-bond acceptors (Lipinski definition) is 4. The third kappa shape index (κ3) is 5.83. The smallest absolute Gasteiger partial charge is 0.163 e. The van der Waals surface area contributed by atoms with Crippen molar-refractivity contribution >= 4 is 11.6 Å². The second-order valence-corrected chi connectivity index (χ2v) is 7.24. The monoisotopic (exact) mass is 392 g/mol. The summed E-state index contributed by atoms with van der Waals surface area (Å²) in [7, 11) is 1.61. The van der Waals surface area contributed by atoms with Crippen LogP contribution in [0.4, 0.5) is 4.39 Å². The third-order valence-electron chi connectivity index (χ3n) is 4.85. The van der Waals surface area contributed by atoms with E-state index in [0.29, 0.717) is 35.6 Å². The Kier molecular flexibility index (Phi) is 7.33. The normalized spacial score (nSPS) is 14.9. The van der Waals surface area contributed by atoms with Gasteiger partial charge >= 0.3 is 0 Å². The first kappa shape index (κ1) is 19.9. The lowest BCUT2D eigenvalue weighted by molar-refractivity contribution is 0.284. The molecule has 1 aliphatic heterocycles. The molecular formula is C21H26ClFN2O2. The summed E-state index contributed by atoms with van der Waals surface area (Å²) < 4.78 is 24.3. The highest BCUT2D eigenvalue weighted by atomic mass is 35.5. The summed E-state index contributed by atoms with van der Waals surface area (Å²) >= 11 is 6.45. The lowest BCUT2D eigenvalue weighted by Crippen LogP contribution is -2.33. The van der Waals surface area contributed by atoms with Crippen LogP contribution >= 0.6 is 11.6 Å². The molecule has 0 amide bonds. The SMILES string of the molecule is COc1cc(CNCC2CCNCC2)c(Cl)cc1OCc1ccc(F)cc1. The molecular weight excluding hydrogens is 367 g/mol. The Morgan fingerprint density at radius 2 is 1.89 bits per heavy atom. The van der Waals surface area contributed by atoms with Crippen LogP contribution < -0.4 is 20.1 Å². The molecule has 4 nitrogen and oxygen atoms in total. The molecule has 0 unspecified atom stereocenters. The largest absolute Gasteiger partial charge is 0.493 e. The van der Waals surface area contributed by atoms with Gasteiger partial charge in [-0.1, -0.05) is 23.7 Å². The minimum atomic E-state index is -0.263. The van der Waals surface area contributed by atoms with Crippen LogP contribution in [-0.2, 0) is 13.2 Å². The minimum Gasteiger partial charge on any atom is -0.493 e. The van der Waals surface area contributed by atoms with Crippen LogP contribution in [0.3, 0.4) is 0 Å². The van der Waals surface area contributed by atoms with Crippen LogP contribution in [0.5, 0.6) is 11.5 Å². The standard InChI is InChI=1S/C21H26ClFN2O2/c1-26-20-10-17(13-25-12-15-6-8-24-9-7-15)19(22)11-21(20)27-14-16-2-4-18(23)5-3-16/h2-5,10-11,15,24-25H,6-9,12-14H2,1H3. The summed E-state index contributed by atoms with van der Waals surface area (Å²) in [5, 5.41) is 7.53. The fourth-order valence-electron chi connectivity index (χ4n) is 3.22. The zero-order valence-corrected chi connectivity index (χ0v) is 16.3. The second kappa shape index (κ2) is 9.93. The molecule has 1 heterocycles. The van der Waals surface area contributed by atoms with Gasteiger partial charge in [-0.25, -0.2) is 4.39 Å². The summed E-state index contributed by atoms with van der Waals surface area (Å²) in [5.41, 5.74) is 1.86. The van der Waals surface area contributed by atoms with Crippen molar-refractivity contribution in [2.75, 3.05) is 26.7 Å². The van der Waals surface area contributed by atoms with E-state index in [1.807, 2.05) is 6.07 Å². The molecule has 0 saturated carbocycles. The fourth-order valence-corrected chi connectivity index (χ4v) is 3.44. The van der Waals surface area contributed by atoms with Gasteiger partial charge in [0.25, 0.3) is 0 Å². The highest BCUT2D eigenvalue weighted by Crippen LogP contribution is 2.34. The number of ether oxygens (including phenoxy) is 2. The number of piperidine rings is 1. The second-order valence-electron chi connectivity index (χ2n) is 6.83. The quantitative estimate of drug-likeness (QED) is 0.708. The number of rotatable bonds is 8. The van der Waals surface area contributed by atoms with Crippen molar-refractivity contribution in [3.05, 3.63) is 58.4 Å². The number of halogens is 2. The van der Waals surface area contributed by atoms with Crippen molar-refractivity contribution in [2.45, 2.75) is 26.0 Å². The van der Waals surface area contributed by atoms with E-state index in [-0.39, 0.29) is 5.82 Å². The lowest BCUT2D eigenvalue weighted by atomic mass is 9.98.